The zero-order valence-corrected chi connectivity index (χ0v) is 13.0. The van der Waals surface area contributed by atoms with E-state index in [1.165, 1.54) is 12.1 Å². The Kier molecular flexibility index (Phi) is 2.99. The summed E-state index contributed by atoms with van der Waals surface area (Å²) in [5.41, 5.74) is 0.338. The normalized spacial score (nSPS) is 42.4. The summed E-state index contributed by atoms with van der Waals surface area (Å²) in [5.74, 6) is -0.532. The van der Waals surface area contributed by atoms with E-state index in [1.54, 1.807) is 0 Å². The Labute approximate surface area is 129 Å². The molecule has 1 aliphatic heterocycles. The SMILES string of the molecule is CC1(C)[C@@H]2C[C@@H]3[C@@H](c4cc(F)cc(F)c4)OCCC3(C2)[C@@H]1O. The first-order valence-corrected chi connectivity index (χ1v) is 8.10. The second-order valence-corrected chi connectivity index (χ2v) is 7.94. The van der Waals surface area contributed by atoms with Crippen LogP contribution in [-0.2, 0) is 4.74 Å². The molecule has 1 aromatic carbocycles. The predicted molar refractivity (Wildman–Crippen MR) is 78.1 cm³/mol. The molecule has 1 heterocycles. The van der Waals surface area contributed by atoms with Crippen molar-refractivity contribution in [3.8, 4) is 0 Å². The van der Waals surface area contributed by atoms with Crippen LogP contribution < -0.4 is 0 Å². The van der Waals surface area contributed by atoms with E-state index in [2.05, 4.69) is 13.8 Å². The summed E-state index contributed by atoms with van der Waals surface area (Å²) in [7, 11) is 0. The Balaban J connectivity index is 1.73. The molecule has 0 amide bonds. The summed E-state index contributed by atoms with van der Waals surface area (Å²) in [6, 6.07) is 3.63. The largest absolute Gasteiger partial charge is 0.392 e. The van der Waals surface area contributed by atoms with E-state index in [1.807, 2.05) is 0 Å². The zero-order chi connectivity index (χ0) is 15.7. The number of halogens is 2. The lowest BCUT2D eigenvalue weighted by Crippen LogP contribution is -2.51. The maximum Gasteiger partial charge on any atom is 0.126 e. The summed E-state index contributed by atoms with van der Waals surface area (Å²) in [6.45, 7) is 4.82. The third-order valence-corrected chi connectivity index (χ3v) is 6.65. The number of aliphatic hydroxyl groups is 1. The fourth-order valence-corrected chi connectivity index (χ4v) is 5.49. The van der Waals surface area contributed by atoms with Crippen molar-refractivity contribution in [3.63, 3.8) is 0 Å². The molecule has 5 atom stereocenters. The molecule has 4 rings (SSSR count). The van der Waals surface area contributed by atoms with Gasteiger partial charge in [-0.2, -0.15) is 0 Å². The number of aliphatic hydroxyl groups excluding tert-OH is 1. The first kappa shape index (κ1) is 14.6. The van der Waals surface area contributed by atoms with Gasteiger partial charge in [0, 0.05) is 18.1 Å². The lowest BCUT2D eigenvalue weighted by molar-refractivity contribution is -0.164. The number of fused-ring (bicyclic) bond motifs is 1. The number of rotatable bonds is 1. The van der Waals surface area contributed by atoms with Gasteiger partial charge in [0.25, 0.3) is 0 Å². The molecule has 0 radical (unpaired) electrons. The van der Waals surface area contributed by atoms with Gasteiger partial charge in [0.05, 0.1) is 12.2 Å². The minimum Gasteiger partial charge on any atom is -0.392 e. The summed E-state index contributed by atoms with van der Waals surface area (Å²) in [4.78, 5) is 0. The highest BCUT2D eigenvalue weighted by Gasteiger charge is 2.68. The van der Waals surface area contributed by atoms with Crippen LogP contribution in [0.2, 0.25) is 0 Å². The quantitative estimate of drug-likeness (QED) is 0.854. The fraction of sp³-hybridized carbons (Fsp3) is 0.667. The van der Waals surface area contributed by atoms with Crippen molar-refractivity contribution < 1.29 is 18.6 Å². The molecule has 120 valence electrons. The predicted octanol–water partition coefficient (Wildman–Crippen LogP) is 3.84. The fourth-order valence-electron chi connectivity index (χ4n) is 5.49. The van der Waals surface area contributed by atoms with E-state index in [4.69, 9.17) is 4.74 Å². The molecule has 22 heavy (non-hydrogen) atoms. The standard InChI is InChI=1S/C18H22F2O2/c1-17(2)11-7-14-15(10-5-12(19)8-13(20)6-10)22-4-3-18(14,9-11)16(17)21/h5-6,8,11,14-16,21H,3-4,7,9H2,1-2H3/t11-,14-,15-,16-,18?/m1/s1. The van der Waals surface area contributed by atoms with Gasteiger partial charge in [-0.05, 0) is 54.2 Å². The van der Waals surface area contributed by atoms with Gasteiger partial charge in [0.1, 0.15) is 11.6 Å². The molecule has 3 aliphatic rings. The van der Waals surface area contributed by atoms with Crippen LogP contribution in [0.1, 0.15) is 44.8 Å². The van der Waals surface area contributed by atoms with Gasteiger partial charge in [-0.1, -0.05) is 13.8 Å². The van der Waals surface area contributed by atoms with Crippen LogP contribution in [-0.4, -0.2) is 17.8 Å². The van der Waals surface area contributed by atoms with Gasteiger partial charge >= 0.3 is 0 Å². The summed E-state index contributed by atoms with van der Waals surface area (Å²) < 4.78 is 33.0. The second-order valence-electron chi connectivity index (χ2n) is 7.94. The number of hydrogen-bond acceptors (Lipinski definition) is 2. The summed E-state index contributed by atoms with van der Waals surface area (Å²) >= 11 is 0. The first-order valence-electron chi connectivity index (χ1n) is 8.10. The van der Waals surface area contributed by atoms with Crippen molar-refractivity contribution in [1.29, 1.82) is 0 Å². The van der Waals surface area contributed by atoms with Crippen LogP contribution in [0.3, 0.4) is 0 Å². The molecule has 2 bridgehead atoms. The smallest absolute Gasteiger partial charge is 0.126 e. The van der Waals surface area contributed by atoms with Gasteiger partial charge in [-0.25, -0.2) is 8.78 Å². The highest BCUT2D eigenvalue weighted by atomic mass is 19.1. The molecule has 2 nitrogen and oxygen atoms in total. The van der Waals surface area contributed by atoms with Gasteiger partial charge in [0.2, 0.25) is 0 Å². The van der Waals surface area contributed by atoms with Crippen LogP contribution >= 0.6 is 0 Å². The van der Waals surface area contributed by atoms with Crippen molar-refractivity contribution in [3.05, 3.63) is 35.4 Å². The summed E-state index contributed by atoms with van der Waals surface area (Å²) in [6.07, 6.45) is 2.13. The Bertz CT molecular complexity index is 595. The molecule has 1 saturated heterocycles. The van der Waals surface area contributed by atoms with E-state index in [9.17, 15) is 13.9 Å². The number of benzene rings is 1. The molecule has 1 aromatic rings. The lowest BCUT2D eigenvalue weighted by Gasteiger charge is -2.51. The Morgan fingerprint density at radius 2 is 1.86 bits per heavy atom. The molecular weight excluding hydrogens is 286 g/mol. The minimum absolute atomic E-state index is 0.0778. The third-order valence-electron chi connectivity index (χ3n) is 6.65. The molecule has 2 aliphatic carbocycles. The molecular formula is C18H22F2O2. The van der Waals surface area contributed by atoms with Gasteiger partial charge < -0.3 is 9.84 Å². The van der Waals surface area contributed by atoms with Crippen LogP contribution in [0.15, 0.2) is 18.2 Å². The Morgan fingerprint density at radius 1 is 1.18 bits per heavy atom. The van der Waals surface area contributed by atoms with E-state index >= 15 is 0 Å². The maximum absolute atomic E-state index is 13.6. The van der Waals surface area contributed by atoms with Gasteiger partial charge in [-0.15, -0.1) is 0 Å². The second kappa shape index (κ2) is 4.51. The van der Waals surface area contributed by atoms with Gasteiger partial charge in [-0.3, -0.25) is 0 Å². The number of hydrogen-bond donors (Lipinski definition) is 1. The average molecular weight is 308 g/mol. The highest BCUT2D eigenvalue weighted by molar-refractivity contribution is 5.26. The monoisotopic (exact) mass is 308 g/mol. The molecule has 1 unspecified atom stereocenters. The molecule has 2 saturated carbocycles. The third kappa shape index (κ3) is 1.77. The molecule has 4 heteroatoms. The van der Waals surface area contributed by atoms with Crippen molar-refractivity contribution >= 4 is 0 Å². The minimum atomic E-state index is -0.567. The Hall–Kier alpha value is -1.00. The molecule has 1 N–H and O–H groups in total. The highest BCUT2D eigenvalue weighted by Crippen LogP contribution is 2.70. The van der Waals surface area contributed by atoms with Crippen molar-refractivity contribution in [1.82, 2.24) is 0 Å². The molecule has 1 spiro atoms. The van der Waals surface area contributed by atoms with Gasteiger partial charge in [0.15, 0.2) is 0 Å². The van der Waals surface area contributed by atoms with Crippen molar-refractivity contribution in [2.75, 3.05) is 6.61 Å². The topological polar surface area (TPSA) is 29.5 Å². The maximum atomic E-state index is 13.6. The summed E-state index contributed by atoms with van der Waals surface area (Å²) in [5, 5.41) is 10.9. The average Bonchev–Trinajstić information content (AvgIpc) is 2.92. The Morgan fingerprint density at radius 3 is 2.50 bits per heavy atom. The molecule has 3 fully saturated rings. The van der Waals surface area contributed by atoms with Crippen molar-refractivity contribution in [2.45, 2.75) is 45.3 Å². The molecule has 0 aromatic heterocycles. The number of ether oxygens (including phenoxy) is 1. The van der Waals surface area contributed by atoms with Crippen molar-refractivity contribution in [2.24, 2.45) is 22.7 Å². The van der Waals surface area contributed by atoms with Crippen LogP contribution in [0, 0.1) is 34.3 Å². The van der Waals surface area contributed by atoms with Crippen LogP contribution in [0.4, 0.5) is 8.78 Å². The van der Waals surface area contributed by atoms with Crippen LogP contribution in [0.5, 0.6) is 0 Å². The lowest BCUT2D eigenvalue weighted by atomic mass is 9.60. The van der Waals surface area contributed by atoms with E-state index < -0.39 is 11.6 Å². The van der Waals surface area contributed by atoms with E-state index in [0.29, 0.717) is 18.1 Å². The first-order chi connectivity index (χ1) is 10.3. The van der Waals surface area contributed by atoms with E-state index in [0.717, 1.165) is 25.3 Å². The van der Waals surface area contributed by atoms with Crippen LogP contribution in [0.25, 0.3) is 0 Å². The van der Waals surface area contributed by atoms with E-state index in [-0.39, 0.29) is 29.0 Å². The zero-order valence-electron chi connectivity index (χ0n) is 13.0.